The monoisotopic (exact) mass is 321 g/mol. The van der Waals surface area contributed by atoms with Crippen LogP contribution in [0.1, 0.15) is 29.8 Å². The number of morpholine rings is 1. The SMILES string of the molecule is CCNC(=O)[C@@H](C)OC(=O)c1ccc(C[NH+]2CCOCC2)cc1. The Morgan fingerprint density at radius 3 is 2.52 bits per heavy atom. The molecular weight excluding hydrogens is 296 g/mol. The maximum Gasteiger partial charge on any atom is 0.338 e. The minimum absolute atomic E-state index is 0.284. The summed E-state index contributed by atoms with van der Waals surface area (Å²) in [6.45, 7) is 8.45. The predicted molar refractivity (Wildman–Crippen MR) is 85.2 cm³/mol. The predicted octanol–water partition coefficient (Wildman–Crippen LogP) is -0.217. The van der Waals surface area contributed by atoms with Crippen LogP contribution in [0, 0.1) is 0 Å². The van der Waals surface area contributed by atoms with Gasteiger partial charge in [0.15, 0.2) is 6.10 Å². The molecule has 0 bridgehead atoms. The molecule has 6 nitrogen and oxygen atoms in total. The summed E-state index contributed by atoms with van der Waals surface area (Å²) in [5.74, 6) is -0.762. The Labute approximate surface area is 136 Å². The zero-order chi connectivity index (χ0) is 16.7. The summed E-state index contributed by atoms with van der Waals surface area (Å²) in [5, 5.41) is 2.63. The van der Waals surface area contributed by atoms with Crippen LogP contribution in [0.4, 0.5) is 0 Å². The lowest BCUT2D eigenvalue weighted by Gasteiger charge is -2.23. The van der Waals surface area contributed by atoms with Crippen molar-refractivity contribution in [3.63, 3.8) is 0 Å². The highest BCUT2D eigenvalue weighted by atomic mass is 16.5. The van der Waals surface area contributed by atoms with Crippen molar-refractivity contribution in [1.29, 1.82) is 0 Å². The Morgan fingerprint density at radius 1 is 1.26 bits per heavy atom. The highest BCUT2D eigenvalue weighted by Gasteiger charge is 2.19. The van der Waals surface area contributed by atoms with E-state index in [1.165, 1.54) is 10.5 Å². The largest absolute Gasteiger partial charge is 0.449 e. The van der Waals surface area contributed by atoms with Gasteiger partial charge in [0.05, 0.1) is 18.8 Å². The Balaban J connectivity index is 1.88. The van der Waals surface area contributed by atoms with Crippen molar-refractivity contribution in [1.82, 2.24) is 5.32 Å². The average molecular weight is 321 g/mol. The Kier molecular flexibility index (Phi) is 6.55. The number of ether oxygens (including phenoxy) is 2. The van der Waals surface area contributed by atoms with Crippen molar-refractivity contribution >= 4 is 11.9 Å². The van der Waals surface area contributed by atoms with E-state index < -0.39 is 12.1 Å². The number of nitrogens with one attached hydrogen (secondary N) is 2. The second kappa shape index (κ2) is 8.64. The zero-order valence-corrected chi connectivity index (χ0v) is 13.8. The van der Waals surface area contributed by atoms with E-state index in [-0.39, 0.29) is 5.91 Å². The first kappa shape index (κ1) is 17.4. The fraction of sp³-hybridized carbons (Fsp3) is 0.529. The van der Waals surface area contributed by atoms with E-state index in [4.69, 9.17) is 9.47 Å². The standard InChI is InChI=1S/C17H24N2O4/c1-3-18-16(20)13(2)23-17(21)15-6-4-14(5-7-15)12-19-8-10-22-11-9-19/h4-7,13H,3,8-12H2,1-2H3,(H,18,20)/p+1/t13-/m1/s1. The van der Waals surface area contributed by atoms with Crippen LogP contribution < -0.4 is 10.2 Å². The van der Waals surface area contributed by atoms with Gasteiger partial charge in [0.2, 0.25) is 0 Å². The number of amides is 1. The van der Waals surface area contributed by atoms with Crippen LogP contribution in [0.5, 0.6) is 0 Å². The van der Waals surface area contributed by atoms with E-state index >= 15 is 0 Å². The molecule has 0 unspecified atom stereocenters. The maximum atomic E-state index is 12.0. The first-order valence-corrected chi connectivity index (χ1v) is 8.09. The molecule has 126 valence electrons. The topological polar surface area (TPSA) is 69.1 Å². The van der Waals surface area contributed by atoms with Crippen LogP contribution in [0.2, 0.25) is 0 Å². The molecule has 23 heavy (non-hydrogen) atoms. The zero-order valence-electron chi connectivity index (χ0n) is 13.8. The van der Waals surface area contributed by atoms with E-state index in [9.17, 15) is 9.59 Å². The molecule has 0 radical (unpaired) electrons. The van der Waals surface area contributed by atoms with Gasteiger partial charge in [0.1, 0.15) is 19.6 Å². The van der Waals surface area contributed by atoms with Gasteiger partial charge in [-0.25, -0.2) is 4.79 Å². The van der Waals surface area contributed by atoms with Crippen LogP contribution in [0.3, 0.4) is 0 Å². The highest BCUT2D eigenvalue weighted by molar-refractivity contribution is 5.92. The van der Waals surface area contributed by atoms with E-state index in [2.05, 4.69) is 5.32 Å². The van der Waals surface area contributed by atoms with Crippen molar-refractivity contribution in [2.75, 3.05) is 32.8 Å². The lowest BCUT2D eigenvalue weighted by molar-refractivity contribution is -0.921. The molecule has 0 saturated carbocycles. The molecule has 1 aliphatic rings. The minimum atomic E-state index is -0.792. The molecule has 1 aromatic rings. The molecule has 2 rings (SSSR count). The third-order valence-corrected chi connectivity index (χ3v) is 3.85. The molecule has 0 aliphatic carbocycles. The molecule has 6 heteroatoms. The quantitative estimate of drug-likeness (QED) is 0.711. The molecule has 1 amide bonds. The number of esters is 1. The van der Waals surface area contributed by atoms with Gasteiger partial charge in [-0.05, 0) is 26.0 Å². The number of benzene rings is 1. The molecule has 1 aliphatic heterocycles. The normalized spacial score (nSPS) is 16.6. The number of carbonyl (C=O) groups excluding carboxylic acids is 2. The van der Waals surface area contributed by atoms with Crippen LogP contribution in [-0.4, -0.2) is 50.8 Å². The van der Waals surface area contributed by atoms with Crippen molar-refractivity contribution in [2.45, 2.75) is 26.5 Å². The highest BCUT2D eigenvalue weighted by Crippen LogP contribution is 2.07. The molecule has 0 spiro atoms. The molecule has 1 saturated heterocycles. The third kappa shape index (κ3) is 5.33. The molecular formula is C17H25N2O4+. The van der Waals surface area contributed by atoms with Gasteiger partial charge in [0.25, 0.3) is 5.91 Å². The number of quaternary nitrogens is 1. The number of hydrogen-bond acceptors (Lipinski definition) is 4. The molecule has 2 N–H and O–H groups in total. The van der Waals surface area contributed by atoms with Gasteiger partial charge in [-0.1, -0.05) is 12.1 Å². The molecule has 1 heterocycles. The first-order chi connectivity index (χ1) is 11.1. The van der Waals surface area contributed by atoms with E-state index in [0.717, 1.165) is 32.8 Å². The van der Waals surface area contributed by atoms with Crippen molar-refractivity contribution in [3.05, 3.63) is 35.4 Å². The molecule has 1 aromatic carbocycles. The summed E-state index contributed by atoms with van der Waals surface area (Å²) in [6.07, 6.45) is -0.792. The summed E-state index contributed by atoms with van der Waals surface area (Å²) in [6, 6.07) is 7.38. The summed E-state index contributed by atoms with van der Waals surface area (Å²) in [4.78, 5) is 25.1. The fourth-order valence-corrected chi connectivity index (χ4v) is 2.48. The van der Waals surface area contributed by atoms with Gasteiger partial charge >= 0.3 is 5.97 Å². The lowest BCUT2D eigenvalue weighted by Crippen LogP contribution is -3.12. The summed E-state index contributed by atoms with van der Waals surface area (Å²) in [5.41, 5.74) is 1.64. The molecule has 1 fully saturated rings. The summed E-state index contributed by atoms with van der Waals surface area (Å²) < 4.78 is 10.5. The van der Waals surface area contributed by atoms with Gasteiger partial charge in [-0.15, -0.1) is 0 Å². The third-order valence-electron chi connectivity index (χ3n) is 3.85. The van der Waals surface area contributed by atoms with Crippen LogP contribution >= 0.6 is 0 Å². The number of likely N-dealkylation sites (N-methyl/N-ethyl adjacent to an activating group) is 1. The summed E-state index contributed by atoms with van der Waals surface area (Å²) >= 11 is 0. The van der Waals surface area contributed by atoms with Crippen LogP contribution in [-0.2, 0) is 20.8 Å². The molecule has 1 atom stereocenters. The fourth-order valence-electron chi connectivity index (χ4n) is 2.48. The van der Waals surface area contributed by atoms with Crippen molar-refractivity contribution in [3.8, 4) is 0 Å². The average Bonchev–Trinajstić information content (AvgIpc) is 2.56. The number of carbonyl (C=O) groups is 2. The Hall–Kier alpha value is -1.92. The van der Waals surface area contributed by atoms with Gasteiger partial charge < -0.3 is 19.7 Å². The van der Waals surface area contributed by atoms with Gasteiger partial charge in [0, 0.05) is 12.1 Å². The van der Waals surface area contributed by atoms with Crippen LogP contribution in [0.25, 0.3) is 0 Å². The molecule has 0 aromatic heterocycles. The van der Waals surface area contributed by atoms with Crippen molar-refractivity contribution < 1.29 is 24.0 Å². The van der Waals surface area contributed by atoms with Crippen molar-refractivity contribution in [2.24, 2.45) is 0 Å². The van der Waals surface area contributed by atoms with Gasteiger partial charge in [-0.3, -0.25) is 4.79 Å². The van der Waals surface area contributed by atoms with Crippen LogP contribution in [0.15, 0.2) is 24.3 Å². The lowest BCUT2D eigenvalue weighted by atomic mass is 10.1. The summed E-state index contributed by atoms with van der Waals surface area (Å²) in [7, 11) is 0. The number of hydrogen-bond donors (Lipinski definition) is 2. The Morgan fingerprint density at radius 2 is 1.91 bits per heavy atom. The smallest absolute Gasteiger partial charge is 0.338 e. The van der Waals surface area contributed by atoms with E-state index in [1.54, 1.807) is 19.1 Å². The second-order valence-corrected chi connectivity index (χ2v) is 5.68. The van der Waals surface area contributed by atoms with E-state index in [1.807, 2.05) is 19.1 Å². The minimum Gasteiger partial charge on any atom is -0.449 e. The Bertz CT molecular complexity index is 524. The van der Waals surface area contributed by atoms with Gasteiger partial charge in [-0.2, -0.15) is 0 Å². The maximum absolute atomic E-state index is 12.0. The van der Waals surface area contributed by atoms with E-state index in [0.29, 0.717) is 12.1 Å². The second-order valence-electron chi connectivity index (χ2n) is 5.68. The first-order valence-electron chi connectivity index (χ1n) is 8.09. The number of rotatable bonds is 6.